The number of carbonyl (C=O) groups is 1. The van der Waals surface area contributed by atoms with Gasteiger partial charge in [-0.1, -0.05) is 48.5 Å². The summed E-state index contributed by atoms with van der Waals surface area (Å²) in [6.45, 7) is 2.92. The highest BCUT2D eigenvalue weighted by molar-refractivity contribution is 5.94. The summed E-state index contributed by atoms with van der Waals surface area (Å²) in [5.74, 6) is 1.00. The number of carbonyl (C=O) groups excluding carboxylic acids is 1. The normalized spacial score (nSPS) is 14.3. The lowest BCUT2D eigenvalue weighted by Gasteiger charge is -2.35. The Morgan fingerprint density at radius 3 is 2.15 bits per heavy atom. The minimum Gasteiger partial charge on any atom is -0.353 e. The van der Waals surface area contributed by atoms with Crippen LogP contribution in [0.1, 0.15) is 10.4 Å². The summed E-state index contributed by atoms with van der Waals surface area (Å²) < 4.78 is 0. The average molecular weight is 344 g/mol. The topological polar surface area (TPSA) is 49.3 Å². The van der Waals surface area contributed by atoms with Crippen LogP contribution in [0.15, 0.2) is 73.1 Å². The summed E-state index contributed by atoms with van der Waals surface area (Å²) in [7, 11) is 0. The van der Waals surface area contributed by atoms with Crippen LogP contribution in [0.5, 0.6) is 0 Å². The van der Waals surface area contributed by atoms with Gasteiger partial charge in [-0.2, -0.15) is 0 Å². The molecule has 5 heteroatoms. The van der Waals surface area contributed by atoms with E-state index in [1.807, 2.05) is 71.6 Å². The molecule has 0 aliphatic carbocycles. The molecular weight excluding hydrogens is 324 g/mol. The van der Waals surface area contributed by atoms with Crippen LogP contribution in [0.4, 0.5) is 5.82 Å². The van der Waals surface area contributed by atoms with Crippen LogP contribution in [0.3, 0.4) is 0 Å². The SMILES string of the molecule is O=C(c1ccccc1)N1CCN(c2cc(-c3ccccc3)ncn2)CC1. The van der Waals surface area contributed by atoms with E-state index in [1.165, 1.54) is 0 Å². The van der Waals surface area contributed by atoms with Gasteiger partial charge in [0.25, 0.3) is 5.91 Å². The van der Waals surface area contributed by atoms with Gasteiger partial charge in [0.05, 0.1) is 5.69 Å². The van der Waals surface area contributed by atoms with E-state index < -0.39 is 0 Å². The van der Waals surface area contributed by atoms with Crippen molar-refractivity contribution in [1.82, 2.24) is 14.9 Å². The number of nitrogens with zero attached hydrogens (tertiary/aromatic N) is 4. The van der Waals surface area contributed by atoms with Gasteiger partial charge in [-0.05, 0) is 12.1 Å². The fourth-order valence-electron chi connectivity index (χ4n) is 3.19. The lowest BCUT2D eigenvalue weighted by molar-refractivity contribution is 0.0746. The molecule has 1 amide bonds. The van der Waals surface area contributed by atoms with Crippen LogP contribution >= 0.6 is 0 Å². The van der Waals surface area contributed by atoms with E-state index >= 15 is 0 Å². The van der Waals surface area contributed by atoms with E-state index in [1.54, 1.807) is 6.33 Å². The number of hydrogen-bond acceptors (Lipinski definition) is 4. The molecule has 3 aromatic rings. The quantitative estimate of drug-likeness (QED) is 0.732. The molecule has 0 saturated carbocycles. The van der Waals surface area contributed by atoms with Gasteiger partial charge in [-0.3, -0.25) is 4.79 Å². The number of anilines is 1. The summed E-state index contributed by atoms with van der Waals surface area (Å²) in [6, 6.07) is 21.6. The summed E-state index contributed by atoms with van der Waals surface area (Å²) in [6.07, 6.45) is 1.61. The number of piperazine rings is 1. The molecule has 0 spiro atoms. The highest BCUT2D eigenvalue weighted by Crippen LogP contribution is 2.21. The third-order valence-electron chi connectivity index (χ3n) is 4.63. The maximum atomic E-state index is 12.6. The molecule has 130 valence electrons. The molecule has 1 aromatic heterocycles. The van der Waals surface area contributed by atoms with Gasteiger partial charge in [-0.25, -0.2) is 9.97 Å². The second-order valence-electron chi connectivity index (χ2n) is 6.27. The van der Waals surface area contributed by atoms with Crippen molar-refractivity contribution in [2.24, 2.45) is 0 Å². The molecule has 5 nitrogen and oxygen atoms in total. The first-order valence-corrected chi connectivity index (χ1v) is 8.78. The average Bonchev–Trinajstić information content (AvgIpc) is 2.75. The lowest BCUT2D eigenvalue weighted by atomic mass is 10.1. The third kappa shape index (κ3) is 3.42. The molecule has 0 N–H and O–H groups in total. The molecule has 26 heavy (non-hydrogen) atoms. The van der Waals surface area contributed by atoms with Crippen molar-refractivity contribution in [3.8, 4) is 11.3 Å². The summed E-state index contributed by atoms with van der Waals surface area (Å²) >= 11 is 0. The van der Waals surface area contributed by atoms with Gasteiger partial charge in [-0.15, -0.1) is 0 Å². The van der Waals surface area contributed by atoms with Crippen LogP contribution in [0.25, 0.3) is 11.3 Å². The summed E-state index contributed by atoms with van der Waals surface area (Å²) in [5.41, 5.74) is 2.74. The van der Waals surface area contributed by atoms with Crippen molar-refractivity contribution in [2.75, 3.05) is 31.1 Å². The van der Waals surface area contributed by atoms with Crippen LogP contribution in [-0.2, 0) is 0 Å². The van der Waals surface area contributed by atoms with Crippen molar-refractivity contribution in [3.63, 3.8) is 0 Å². The van der Waals surface area contributed by atoms with Crippen molar-refractivity contribution in [3.05, 3.63) is 78.6 Å². The number of amides is 1. The zero-order valence-corrected chi connectivity index (χ0v) is 14.5. The van der Waals surface area contributed by atoms with Crippen LogP contribution in [-0.4, -0.2) is 47.0 Å². The first-order valence-electron chi connectivity index (χ1n) is 8.78. The van der Waals surface area contributed by atoms with Crippen molar-refractivity contribution < 1.29 is 4.79 Å². The highest BCUT2D eigenvalue weighted by Gasteiger charge is 2.23. The Labute approximate surface area is 152 Å². The van der Waals surface area contributed by atoms with E-state index in [0.717, 1.165) is 35.7 Å². The van der Waals surface area contributed by atoms with Gasteiger partial charge in [0.15, 0.2) is 0 Å². The molecule has 0 bridgehead atoms. The maximum absolute atomic E-state index is 12.6. The molecule has 1 aliphatic rings. The maximum Gasteiger partial charge on any atom is 0.253 e. The second-order valence-corrected chi connectivity index (χ2v) is 6.27. The Hall–Kier alpha value is -3.21. The van der Waals surface area contributed by atoms with E-state index in [4.69, 9.17) is 0 Å². The molecular formula is C21H20N4O. The lowest BCUT2D eigenvalue weighted by Crippen LogP contribution is -2.49. The third-order valence-corrected chi connectivity index (χ3v) is 4.63. The van der Waals surface area contributed by atoms with Gasteiger partial charge < -0.3 is 9.80 Å². The van der Waals surface area contributed by atoms with Crippen LogP contribution in [0, 0.1) is 0 Å². The first kappa shape index (κ1) is 16.3. The fourth-order valence-corrected chi connectivity index (χ4v) is 3.19. The number of benzene rings is 2. The van der Waals surface area contributed by atoms with Gasteiger partial charge in [0.2, 0.25) is 0 Å². The Morgan fingerprint density at radius 2 is 1.46 bits per heavy atom. The van der Waals surface area contributed by atoms with Gasteiger partial charge >= 0.3 is 0 Å². The predicted molar refractivity (Wildman–Crippen MR) is 102 cm³/mol. The predicted octanol–water partition coefficient (Wildman–Crippen LogP) is 3.11. The van der Waals surface area contributed by atoms with E-state index in [-0.39, 0.29) is 5.91 Å². The fraction of sp³-hybridized carbons (Fsp3) is 0.190. The molecule has 4 rings (SSSR count). The Bertz CT molecular complexity index is 875. The molecule has 0 atom stereocenters. The first-order chi connectivity index (χ1) is 12.8. The van der Waals surface area contributed by atoms with Gasteiger partial charge in [0.1, 0.15) is 12.1 Å². The molecule has 1 saturated heterocycles. The number of hydrogen-bond donors (Lipinski definition) is 0. The van der Waals surface area contributed by atoms with Crippen molar-refractivity contribution in [2.45, 2.75) is 0 Å². The largest absolute Gasteiger partial charge is 0.353 e. The molecule has 2 aromatic carbocycles. The van der Waals surface area contributed by atoms with Crippen molar-refractivity contribution in [1.29, 1.82) is 0 Å². The van der Waals surface area contributed by atoms with Gasteiger partial charge in [0, 0.05) is 43.4 Å². The van der Waals surface area contributed by atoms with E-state index in [0.29, 0.717) is 13.1 Å². The molecule has 1 aliphatic heterocycles. The van der Waals surface area contributed by atoms with Crippen LogP contribution in [0.2, 0.25) is 0 Å². The summed E-state index contributed by atoms with van der Waals surface area (Å²) in [5, 5.41) is 0. The zero-order chi connectivity index (χ0) is 17.8. The molecule has 0 radical (unpaired) electrons. The monoisotopic (exact) mass is 344 g/mol. The smallest absolute Gasteiger partial charge is 0.253 e. The van der Waals surface area contributed by atoms with Crippen molar-refractivity contribution >= 4 is 11.7 Å². The van der Waals surface area contributed by atoms with E-state index in [9.17, 15) is 4.79 Å². The minimum absolute atomic E-state index is 0.0953. The Balaban J connectivity index is 1.45. The Morgan fingerprint density at radius 1 is 0.808 bits per heavy atom. The summed E-state index contributed by atoms with van der Waals surface area (Å²) in [4.78, 5) is 25.5. The molecule has 0 unspecified atom stereocenters. The minimum atomic E-state index is 0.0953. The number of rotatable bonds is 3. The number of aromatic nitrogens is 2. The molecule has 1 fully saturated rings. The standard InChI is InChI=1S/C21H20N4O/c26-21(18-9-5-2-6-10-18)25-13-11-24(12-14-25)20-15-19(22-16-23-20)17-7-3-1-4-8-17/h1-10,15-16H,11-14H2. The molecule has 2 heterocycles. The second kappa shape index (κ2) is 7.35. The van der Waals surface area contributed by atoms with Crippen LogP contribution < -0.4 is 4.90 Å². The van der Waals surface area contributed by atoms with E-state index in [2.05, 4.69) is 14.9 Å². The zero-order valence-electron chi connectivity index (χ0n) is 14.5. The Kier molecular flexibility index (Phi) is 4.60. The highest BCUT2D eigenvalue weighted by atomic mass is 16.2.